The number of anilines is 1. The average molecular weight is 360 g/mol. The Morgan fingerprint density at radius 1 is 1.30 bits per heavy atom. The van der Waals surface area contributed by atoms with Gasteiger partial charge in [0.15, 0.2) is 0 Å². The lowest BCUT2D eigenvalue weighted by atomic mass is 10.0. The first-order chi connectivity index (χ1) is 10.4. The third-order valence-corrected chi connectivity index (χ3v) is 5.49. The van der Waals surface area contributed by atoms with E-state index in [1.54, 1.807) is 17.0 Å². The van der Waals surface area contributed by atoms with Gasteiger partial charge < -0.3 is 10.6 Å². The molecule has 1 aromatic carbocycles. The van der Waals surface area contributed by atoms with Crippen molar-refractivity contribution in [2.75, 3.05) is 30.2 Å². The number of amides is 1. The van der Waals surface area contributed by atoms with Gasteiger partial charge in [-0.3, -0.25) is 9.10 Å². The fourth-order valence-corrected chi connectivity index (χ4v) is 4.19. The summed E-state index contributed by atoms with van der Waals surface area (Å²) in [7, 11) is -3.27. The summed E-state index contributed by atoms with van der Waals surface area (Å²) >= 11 is 0. The first kappa shape index (κ1) is 18.0. The number of hydrogen-bond donors (Lipinski definition) is 1. The lowest BCUT2D eigenvalue weighted by Crippen LogP contribution is -2.35. The monoisotopic (exact) mass is 359 g/mol. The highest BCUT2D eigenvalue weighted by Gasteiger charge is 2.27. The van der Waals surface area contributed by atoms with Crippen LogP contribution in [0.3, 0.4) is 0 Å². The van der Waals surface area contributed by atoms with Crippen LogP contribution in [0.5, 0.6) is 0 Å². The van der Waals surface area contributed by atoms with Crippen LogP contribution in [0.25, 0.3) is 0 Å². The van der Waals surface area contributed by atoms with Gasteiger partial charge >= 0.3 is 0 Å². The molecule has 0 bridgehead atoms. The lowest BCUT2D eigenvalue weighted by molar-refractivity contribution is 0.0791. The average Bonchev–Trinajstić information content (AvgIpc) is 2.91. The highest BCUT2D eigenvalue weighted by atomic mass is 35.5. The summed E-state index contributed by atoms with van der Waals surface area (Å²) in [6.45, 7) is 1.78. The minimum absolute atomic E-state index is 0. The van der Waals surface area contributed by atoms with E-state index in [0.29, 0.717) is 30.9 Å². The molecular formula is C15H22ClN3O3S. The van der Waals surface area contributed by atoms with E-state index in [-0.39, 0.29) is 24.4 Å². The lowest BCUT2D eigenvalue weighted by Gasteiger charge is -2.29. The minimum atomic E-state index is -3.27. The number of halogens is 1. The Labute approximate surface area is 143 Å². The van der Waals surface area contributed by atoms with Gasteiger partial charge in [0.1, 0.15) is 0 Å². The third-order valence-electron chi connectivity index (χ3n) is 4.31. The van der Waals surface area contributed by atoms with Crippen LogP contribution in [0, 0.1) is 0 Å². The maximum Gasteiger partial charge on any atom is 0.253 e. The van der Waals surface area contributed by atoms with Gasteiger partial charge in [-0.1, -0.05) is 0 Å². The number of sulfonamides is 1. The number of aryl methyl sites for hydroxylation is 1. The summed E-state index contributed by atoms with van der Waals surface area (Å²) in [5.41, 5.74) is 8.08. The summed E-state index contributed by atoms with van der Waals surface area (Å²) in [4.78, 5) is 14.3. The Bertz CT molecular complexity index is 708. The summed E-state index contributed by atoms with van der Waals surface area (Å²) < 4.78 is 25.1. The minimum Gasteiger partial charge on any atom is -0.337 e. The molecule has 0 aromatic heterocycles. The van der Waals surface area contributed by atoms with Gasteiger partial charge in [-0.2, -0.15) is 0 Å². The van der Waals surface area contributed by atoms with E-state index in [1.807, 2.05) is 6.07 Å². The second-order valence-electron chi connectivity index (χ2n) is 6.08. The summed E-state index contributed by atoms with van der Waals surface area (Å²) in [5.74, 6) is -0.0211. The van der Waals surface area contributed by atoms with Gasteiger partial charge in [0.2, 0.25) is 10.0 Å². The molecule has 6 nitrogen and oxygen atoms in total. The second kappa shape index (κ2) is 6.67. The van der Waals surface area contributed by atoms with Crippen molar-refractivity contribution < 1.29 is 13.2 Å². The first-order valence-corrected chi connectivity index (χ1v) is 9.36. The molecule has 0 unspecified atom stereocenters. The fourth-order valence-electron chi connectivity index (χ4n) is 3.19. The molecule has 2 heterocycles. The molecule has 2 aliphatic heterocycles. The SMILES string of the molecule is CS(=O)(=O)N1CCCc2cc(C(=O)N3CC[C@@H](N)C3)ccc21.Cl. The van der Waals surface area contributed by atoms with Crippen LogP contribution in [-0.2, 0) is 16.4 Å². The zero-order valence-corrected chi connectivity index (χ0v) is 14.7. The zero-order chi connectivity index (χ0) is 15.9. The van der Waals surface area contributed by atoms with Crippen molar-refractivity contribution in [3.8, 4) is 0 Å². The number of nitrogens with two attached hydrogens (primary N) is 1. The first-order valence-electron chi connectivity index (χ1n) is 7.52. The molecular weight excluding hydrogens is 338 g/mol. The van der Waals surface area contributed by atoms with Crippen LogP contribution in [-0.4, -0.2) is 51.2 Å². The molecule has 128 valence electrons. The molecule has 1 aromatic rings. The largest absolute Gasteiger partial charge is 0.337 e. The van der Waals surface area contributed by atoms with Gasteiger partial charge in [0.05, 0.1) is 11.9 Å². The van der Waals surface area contributed by atoms with E-state index in [4.69, 9.17) is 5.73 Å². The molecule has 1 saturated heterocycles. The predicted molar refractivity (Wildman–Crippen MR) is 92.7 cm³/mol. The number of carbonyl (C=O) groups is 1. The van der Waals surface area contributed by atoms with Gasteiger partial charge in [-0.25, -0.2) is 8.42 Å². The van der Waals surface area contributed by atoms with Crippen molar-refractivity contribution in [3.05, 3.63) is 29.3 Å². The van der Waals surface area contributed by atoms with E-state index >= 15 is 0 Å². The van der Waals surface area contributed by atoms with E-state index in [9.17, 15) is 13.2 Å². The molecule has 0 spiro atoms. The summed E-state index contributed by atoms with van der Waals surface area (Å²) in [6, 6.07) is 5.36. The molecule has 2 N–H and O–H groups in total. The van der Waals surface area contributed by atoms with Crippen LogP contribution in [0.4, 0.5) is 5.69 Å². The fraction of sp³-hybridized carbons (Fsp3) is 0.533. The molecule has 0 aliphatic carbocycles. The van der Waals surface area contributed by atoms with Crippen LogP contribution in [0.15, 0.2) is 18.2 Å². The van der Waals surface area contributed by atoms with Gasteiger partial charge in [-0.05, 0) is 43.0 Å². The number of rotatable bonds is 2. The molecule has 3 rings (SSSR count). The standard InChI is InChI=1S/C15H21N3O3S.ClH/c1-22(20,21)18-7-2-3-11-9-12(4-5-14(11)18)15(19)17-8-6-13(16)10-17;/h4-5,9,13H,2-3,6-8,10,16H2,1H3;1H/t13-;/m1./s1. The smallest absolute Gasteiger partial charge is 0.253 e. The Kier molecular flexibility index (Phi) is 5.23. The zero-order valence-electron chi connectivity index (χ0n) is 13.1. The summed E-state index contributed by atoms with van der Waals surface area (Å²) in [6.07, 6.45) is 3.61. The Morgan fingerprint density at radius 2 is 2.04 bits per heavy atom. The van der Waals surface area contributed by atoms with Crippen molar-refractivity contribution in [1.82, 2.24) is 4.90 Å². The molecule has 8 heteroatoms. The highest BCUT2D eigenvalue weighted by Crippen LogP contribution is 2.30. The van der Waals surface area contributed by atoms with Crippen molar-refractivity contribution in [1.29, 1.82) is 0 Å². The quantitative estimate of drug-likeness (QED) is 0.853. The summed E-state index contributed by atoms with van der Waals surface area (Å²) in [5, 5.41) is 0. The molecule has 0 saturated carbocycles. The molecule has 0 radical (unpaired) electrons. The van der Waals surface area contributed by atoms with E-state index in [1.165, 1.54) is 10.6 Å². The number of fused-ring (bicyclic) bond motifs is 1. The number of benzene rings is 1. The normalized spacial score (nSPS) is 20.9. The van der Waals surface area contributed by atoms with Crippen molar-refractivity contribution >= 4 is 34.0 Å². The van der Waals surface area contributed by atoms with Crippen LogP contribution in [0.2, 0.25) is 0 Å². The second-order valence-corrected chi connectivity index (χ2v) is 7.99. The number of likely N-dealkylation sites (tertiary alicyclic amines) is 1. The van der Waals surface area contributed by atoms with Crippen molar-refractivity contribution in [2.45, 2.75) is 25.3 Å². The molecule has 1 fully saturated rings. The van der Waals surface area contributed by atoms with Crippen LogP contribution < -0.4 is 10.0 Å². The van der Waals surface area contributed by atoms with Gasteiger partial charge in [-0.15, -0.1) is 12.4 Å². The van der Waals surface area contributed by atoms with Gasteiger partial charge in [0.25, 0.3) is 5.91 Å². The van der Waals surface area contributed by atoms with Crippen LogP contribution >= 0.6 is 12.4 Å². The molecule has 1 atom stereocenters. The maximum atomic E-state index is 12.5. The third kappa shape index (κ3) is 3.62. The topological polar surface area (TPSA) is 83.7 Å². The number of hydrogen-bond acceptors (Lipinski definition) is 4. The highest BCUT2D eigenvalue weighted by molar-refractivity contribution is 7.92. The number of nitrogens with zero attached hydrogens (tertiary/aromatic N) is 2. The van der Waals surface area contributed by atoms with E-state index in [2.05, 4.69) is 0 Å². The predicted octanol–water partition coefficient (Wildman–Crippen LogP) is 0.994. The number of carbonyl (C=O) groups excluding carboxylic acids is 1. The van der Waals surface area contributed by atoms with Crippen LogP contribution in [0.1, 0.15) is 28.8 Å². The van der Waals surface area contributed by atoms with Crippen molar-refractivity contribution in [2.24, 2.45) is 5.73 Å². The Morgan fingerprint density at radius 3 is 2.65 bits per heavy atom. The molecule has 2 aliphatic rings. The van der Waals surface area contributed by atoms with Crippen molar-refractivity contribution in [3.63, 3.8) is 0 Å². The van der Waals surface area contributed by atoms with Gasteiger partial charge in [0, 0.05) is 31.2 Å². The van der Waals surface area contributed by atoms with E-state index in [0.717, 1.165) is 24.8 Å². The Balaban J connectivity index is 0.00000192. The maximum absolute atomic E-state index is 12.5. The Hall–Kier alpha value is -1.31. The van der Waals surface area contributed by atoms with E-state index < -0.39 is 10.0 Å². The molecule has 1 amide bonds. The molecule has 23 heavy (non-hydrogen) atoms.